The van der Waals surface area contributed by atoms with Crippen LogP contribution in [0.25, 0.3) is 22.3 Å². The van der Waals surface area contributed by atoms with Crippen molar-refractivity contribution in [2.24, 2.45) is 0 Å². The molecule has 0 aromatic heterocycles. The van der Waals surface area contributed by atoms with E-state index >= 15 is 0 Å². The number of hydrogen-bond acceptors (Lipinski definition) is 2. The molecule has 0 amide bonds. The summed E-state index contributed by atoms with van der Waals surface area (Å²) in [4.78, 5) is 0. The summed E-state index contributed by atoms with van der Waals surface area (Å²) >= 11 is 3.45. The van der Waals surface area contributed by atoms with Crippen molar-refractivity contribution in [3.8, 4) is 22.3 Å². The van der Waals surface area contributed by atoms with Gasteiger partial charge < -0.3 is 11.5 Å². The molecule has 0 saturated carbocycles. The van der Waals surface area contributed by atoms with Crippen LogP contribution < -0.4 is 11.5 Å². The SMILES string of the molecule is Nc1ccc(-c2ccc(N)c(-c3ccc(Br)cc3)c2)cc1. The molecule has 0 heterocycles. The van der Waals surface area contributed by atoms with Crippen molar-refractivity contribution in [3.63, 3.8) is 0 Å². The lowest BCUT2D eigenvalue weighted by molar-refractivity contribution is 1.57. The predicted molar refractivity (Wildman–Crippen MR) is 93.8 cm³/mol. The molecule has 2 nitrogen and oxygen atoms in total. The molecule has 0 aliphatic rings. The molecule has 0 atom stereocenters. The first-order chi connectivity index (χ1) is 10.1. The van der Waals surface area contributed by atoms with Gasteiger partial charge in [0.1, 0.15) is 0 Å². The number of anilines is 2. The van der Waals surface area contributed by atoms with Crippen LogP contribution in [0.1, 0.15) is 0 Å². The topological polar surface area (TPSA) is 52.0 Å². The van der Waals surface area contributed by atoms with Crippen molar-refractivity contribution >= 4 is 27.3 Å². The Kier molecular flexibility index (Phi) is 3.67. The molecule has 4 N–H and O–H groups in total. The van der Waals surface area contributed by atoms with E-state index in [4.69, 9.17) is 11.5 Å². The van der Waals surface area contributed by atoms with Gasteiger partial charge in [0.25, 0.3) is 0 Å². The summed E-state index contributed by atoms with van der Waals surface area (Å²) in [5.74, 6) is 0. The van der Waals surface area contributed by atoms with Crippen LogP contribution in [0.3, 0.4) is 0 Å². The molecule has 3 heteroatoms. The zero-order valence-electron chi connectivity index (χ0n) is 11.4. The number of hydrogen-bond donors (Lipinski definition) is 2. The van der Waals surface area contributed by atoms with Gasteiger partial charge in [-0.3, -0.25) is 0 Å². The van der Waals surface area contributed by atoms with E-state index in [9.17, 15) is 0 Å². The van der Waals surface area contributed by atoms with E-state index in [-0.39, 0.29) is 0 Å². The standard InChI is InChI=1S/C18H15BrN2/c19-15-6-1-13(2-7-15)17-11-14(5-10-18(17)21)12-3-8-16(20)9-4-12/h1-11H,20-21H2. The number of benzene rings is 3. The van der Waals surface area contributed by atoms with E-state index < -0.39 is 0 Å². The Hall–Kier alpha value is -2.26. The lowest BCUT2D eigenvalue weighted by Crippen LogP contribution is -1.91. The number of nitrogen functional groups attached to an aromatic ring is 2. The van der Waals surface area contributed by atoms with Crippen LogP contribution in [0, 0.1) is 0 Å². The molecule has 0 fully saturated rings. The van der Waals surface area contributed by atoms with Crippen molar-refractivity contribution in [1.29, 1.82) is 0 Å². The largest absolute Gasteiger partial charge is 0.399 e. The zero-order valence-corrected chi connectivity index (χ0v) is 13.0. The van der Waals surface area contributed by atoms with Gasteiger partial charge in [0.15, 0.2) is 0 Å². The van der Waals surface area contributed by atoms with Crippen molar-refractivity contribution in [1.82, 2.24) is 0 Å². The van der Waals surface area contributed by atoms with Gasteiger partial charge in [-0.05, 0) is 53.1 Å². The van der Waals surface area contributed by atoms with Crippen LogP contribution in [0.5, 0.6) is 0 Å². The zero-order chi connectivity index (χ0) is 14.8. The van der Waals surface area contributed by atoms with Crippen molar-refractivity contribution in [2.45, 2.75) is 0 Å². The highest BCUT2D eigenvalue weighted by Crippen LogP contribution is 2.32. The molecule has 3 aromatic carbocycles. The second kappa shape index (κ2) is 5.62. The fourth-order valence-electron chi connectivity index (χ4n) is 2.29. The quantitative estimate of drug-likeness (QED) is 0.649. The maximum absolute atomic E-state index is 6.13. The molecule has 3 aromatic rings. The molecular weight excluding hydrogens is 324 g/mol. The molecule has 0 saturated heterocycles. The van der Waals surface area contributed by atoms with Crippen LogP contribution in [-0.4, -0.2) is 0 Å². The van der Waals surface area contributed by atoms with Crippen molar-refractivity contribution in [2.75, 3.05) is 11.5 Å². The highest BCUT2D eigenvalue weighted by Gasteiger charge is 2.06. The van der Waals surface area contributed by atoms with E-state index in [1.54, 1.807) is 0 Å². The summed E-state index contributed by atoms with van der Waals surface area (Å²) in [7, 11) is 0. The lowest BCUT2D eigenvalue weighted by Gasteiger charge is -2.10. The first-order valence-corrected chi connectivity index (χ1v) is 7.44. The Bertz CT molecular complexity index is 762. The van der Waals surface area contributed by atoms with Crippen molar-refractivity contribution < 1.29 is 0 Å². The Morgan fingerprint density at radius 3 is 1.86 bits per heavy atom. The van der Waals surface area contributed by atoms with E-state index in [2.05, 4.69) is 34.1 Å². The molecule has 21 heavy (non-hydrogen) atoms. The molecule has 3 rings (SSSR count). The van der Waals surface area contributed by atoms with Gasteiger partial charge in [-0.2, -0.15) is 0 Å². The van der Waals surface area contributed by atoms with Gasteiger partial charge in [-0.15, -0.1) is 0 Å². The van der Waals surface area contributed by atoms with Crippen LogP contribution in [0.2, 0.25) is 0 Å². The third-order valence-corrected chi connectivity index (χ3v) is 3.98. The average molecular weight is 339 g/mol. The summed E-state index contributed by atoms with van der Waals surface area (Å²) in [6, 6.07) is 22.1. The number of rotatable bonds is 2. The average Bonchev–Trinajstić information content (AvgIpc) is 2.50. The minimum Gasteiger partial charge on any atom is -0.399 e. The summed E-state index contributed by atoms with van der Waals surface area (Å²) < 4.78 is 1.06. The molecular formula is C18H15BrN2. The summed E-state index contributed by atoms with van der Waals surface area (Å²) in [6.45, 7) is 0. The molecule has 104 valence electrons. The third kappa shape index (κ3) is 2.93. The Balaban J connectivity index is 2.07. The van der Waals surface area contributed by atoms with Gasteiger partial charge in [0.05, 0.1) is 0 Å². The molecule has 0 aliphatic carbocycles. The highest BCUT2D eigenvalue weighted by atomic mass is 79.9. The summed E-state index contributed by atoms with van der Waals surface area (Å²) in [5.41, 5.74) is 17.8. The third-order valence-electron chi connectivity index (χ3n) is 3.45. The van der Waals surface area contributed by atoms with Crippen LogP contribution in [-0.2, 0) is 0 Å². The Morgan fingerprint density at radius 2 is 1.19 bits per heavy atom. The van der Waals surface area contributed by atoms with E-state index in [1.807, 2.05) is 48.5 Å². The second-order valence-corrected chi connectivity index (χ2v) is 5.85. The van der Waals surface area contributed by atoms with Crippen LogP contribution >= 0.6 is 15.9 Å². The molecule has 0 spiro atoms. The van der Waals surface area contributed by atoms with Gasteiger partial charge >= 0.3 is 0 Å². The van der Waals surface area contributed by atoms with E-state index in [0.717, 1.165) is 38.1 Å². The Morgan fingerprint density at radius 1 is 0.619 bits per heavy atom. The molecule has 0 aliphatic heterocycles. The Labute approximate surface area is 132 Å². The number of halogens is 1. The highest BCUT2D eigenvalue weighted by molar-refractivity contribution is 9.10. The predicted octanol–water partition coefficient (Wildman–Crippen LogP) is 4.95. The first kappa shape index (κ1) is 13.7. The van der Waals surface area contributed by atoms with Crippen LogP contribution in [0.4, 0.5) is 11.4 Å². The number of nitrogens with two attached hydrogens (primary N) is 2. The second-order valence-electron chi connectivity index (χ2n) is 4.93. The minimum absolute atomic E-state index is 0.766. The smallest absolute Gasteiger partial charge is 0.0394 e. The fraction of sp³-hybridized carbons (Fsp3) is 0. The molecule has 0 unspecified atom stereocenters. The van der Waals surface area contributed by atoms with E-state index in [1.165, 1.54) is 0 Å². The fourth-order valence-corrected chi connectivity index (χ4v) is 2.56. The van der Waals surface area contributed by atoms with Gasteiger partial charge in [0.2, 0.25) is 0 Å². The lowest BCUT2D eigenvalue weighted by atomic mass is 9.97. The van der Waals surface area contributed by atoms with E-state index in [0.29, 0.717) is 0 Å². The minimum atomic E-state index is 0.766. The maximum Gasteiger partial charge on any atom is 0.0394 e. The van der Waals surface area contributed by atoms with Crippen LogP contribution in [0.15, 0.2) is 71.2 Å². The monoisotopic (exact) mass is 338 g/mol. The summed E-state index contributed by atoms with van der Waals surface area (Å²) in [5, 5.41) is 0. The molecule has 0 bridgehead atoms. The first-order valence-electron chi connectivity index (χ1n) is 6.65. The normalized spacial score (nSPS) is 10.5. The molecule has 0 radical (unpaired) electrons. The van der Waals surface area contributed by atoms with Gasteiger partial charge in [0, 0.05) is 21.4 Å². The van der Waals surface area contributed by atoms with Gasteiger partial charge in [-0.1, -0.05) is 46.3 Å². The maximum atomic E-state index is 6.13. The van der Waals surface area contributed by atoms with Crippen molar-refractivity contribution in [3.05, 3.63) is 71.2 Å². The summed E-state index contributed by atoms with van der Waals surface area (Å²) in [6.07, 6.45) is 0. The van der Waals surface area contributed by atoms with Gasteiger partial charge in [-0.25, -0.2) is 0 Å².